The summed E-state index contributed by atoms with van der Waals surface area (Å²) in [4.78, 5) is 12.7. The molecule has 2 saturated heterocycles. The van der Waals surface area contributed by atoms with E-state index in [9.17, 15) is 4.79 Å². The Labute approximate surface area is 153 Å². The van der Waals surface area contributed by atoms with Gasteiger partial charge in [0, 0.05) is 25.1 Å². The van der Waals surface area contributed by atoms with E-state index in [0.29, 0.717) is 25.0 Å². The molecule has 0 saturated carbocycles. The average molecular weight is 359 g/mol. The predicted molar refractivity (Wildman–Crippen MR) is 97.0 cm³/mol. The van der Waals surface area contributed by atoms with Crippen LogP contribution in [0, 0.1) is 0 Å². The Morgan fingerprint density at radius 1 is 1.12 bits per heavy atom. The lowest BCUT2D eigenvalue weighted by Gasteiger charge is -2.11. The Morgan fingerprint density at radius 3 is 2.65 bits per heavy atom. The number of furan rings is 1. The SMILES string of the molecule is O=C(NC[C@H]1CCCO1)c1oc2ccccc2c1C[NH2+]C[C@H]1CCCO1. The van der Waals surface area contributed by atoms with Crippen LogP contribution < -0.4 is 10.6 Å². The molecule has 0 spiro atoms. The maximum atomic E-state index is 12.7. The normalized spacial score (nSPS) is 22.9. The van der Waals surface area contributed by atoms with Gasteiger partial charge in [0.1, 0.15) is 24.8 Å². The van der Waals surface area contributed by atoms with Crippen molar-refractivity contribution in [3.63, 3.8) is 0 Å². The molecule has 2 atom stereocenters. The smallest absolute Gasteiger partial charge is 0.287 e. The number of hydrogen-bond donors (Lipinski definition) is 2. The van der Waals surface area contributed by atoms with E-state index in [1.165, 1.54) is 0 Å². The van der Waals surface area contributed by atoms with Gasteiger partial charge in [-0.1, -0.05) is 18.2 Å². The molecule has 2 fully saturated rings. The molecule has 2 aliphatic rings. The van der Waals surface area contributed by atoms with Gasteiger partial charge in [-0.05, 0) is 31.7 Å². The first-order chi connectivity index (χ1) is 12.8. The predicted octanol–water partition coefficient (Wildman–Crippen LogP) is 1.58. The second kappa shape index (κ2) is 8.20. The molecular weight excluding hydrogens is 332 g/mol. The number of carbonyl (C=O) groups excluding carboxylic acids is 1. The van der Waals surface area contributed by atoms with Crippen molar-refractivity contribution in [2.24, 2.45) is 0 Å². The minimum atomic E-state index is -0.155. The third kappa shape index (κ3) is 3.92. The summed E-state index contributed by atoms with van der Waals surface area (Å²) in [5.41, 5.74) is 1.72. The van der Waals surface area contributed by atoms with E-state index in [4.69, 9.17) is 13.9 Å². The minimum Gasteiger partial charge on any atom is -0.450 e. The summed E-state index contributed by atoms with van der Waals surface area (Å²) in [5.74, 6) is 0.269. The third-order valence-electron chi connectivity index (χ3n) is 5.22. The fourth-order valence-electron chi connectivity index (χ4n) is 3.82. The molecule has 6 heteroatoms. The van der Waals surface area contributed by atoms with Crippen molar-refractivity contribution in [1.29, 1.82) is 0 Å². The van der Waals surface area contributed by atoms with Crippen molar-refractivity contribution in [2.45, 2.75) is 44.4 Å². The number of fused-ring (bicyclic) bond motifs is 1. The van der Waals surface area contributed by atoms with Gasteiger partial charge >= 0.3 is 0 Å². The zero-order chi connectivity index (χ0) is 17.8. The van der Waals surface area contributed by atoms with Crippen LogP contribution in [0.15, 0.2) is 28.7 Å². The number of nitrogens with one attached hydrogen (secondary N) is 1. The van der Waals surface area contributed by atoms with E-state index in [2.05, 4.69) is 10.6 Å². The summed E-state index contributed by atoms with van der Waals surface area (Å²) in [6.07, 6.45) is 4.78. The number of benzene rings is 1. The summed E-state index contributed by atoms with van der Waals surface area (Å²) in [7, 11) is 0. The van der Waals surface area contributed by atoms with E-state index in [1.54, 1.807) is 0 Å². The maximum Gasteiger partial charge on any atom is 0.287 e. The van der Waals surface area contributed by atoms with Crippen LogP contribution in [-0.4, -0.2) is 44.4 Å². The highest BCUT2D eigenvalue weighted by molar-refractivity contribution is 5.99. The van der Waals surface area contributed by atoms with Gasteiger partial charge in [-0.15, -0.1) is 0 Å². The average Bonchev–Trinajstić information content (AvgIpc) is 3.41. The van der Waals surface area contributed by atoms with Crippen molar-refractivity contribution in [2.75, 3.05) is 26.3 Å². The first-order valence-corrected chi connectivity index (χ1v) is 9.65. The number of nitrogens with two attached hydrogens (primary N) is 1. The summed E-state index contributed by atoms with van der Waals surface area (Å²) in [6.45, 7) is 3.81. The Bertz CT molecular complexity index is 745. The van der Waals surface area contributed by atoms with Gasteiger partial charge in [0.15, 0.2) is 0 Å². The van der Waals surface area contributed by atoms with Gasteiger partial charge < -0.3 is 24.5 Å². The van der Waals surface area contributed by atoms with Gasteiger partial charge in [0.2, 0.25) is 5.76 Å². The number of amides is 1. The summed E-state index contributed by atoms with van der Waals surface area (Å²) < 4.78 is 17.2. The monoisotopic (exact) mass is 359 g/mol. The topological polar surface area (TPSA) is 77.3 Å². The number of quaternary nitrogens is 1. The van der Waals surface area contributed by atoms with Gasteiger partial charge in [0.25, 0.3) is 5.91 Å². The van der Waals surface area contributed by atoms with Gasteiger partial charge in [-0.3, -0.25) is 4.79 Å². The van der Waals surface area contributed by atoms with Crippen LogP contribution in [0.4, 0.5) is 0 Å². The summed E-state index contributed by atoms with van der Waals surface area (Å²) in [6, 6.07) is 7.84. The van der Waals surface area contributed by atoms with Gasteiger partial charge in [-0.2, -0.15) is 0 Å². The fourth-order valence-corrected chi connectivity index (χ4v) is 3.82. The molecule has 2 aliphatic heterocycles. The Kier molecular flexibility index (Phi) is 5.53. The van der Waals surface area contributed by atoms with E-state index >= 15 is 0 Å². The Morgan fingerprint density at radius 2 is 1.88 bits per heavy atom. The fraction of sp³-hybridized carbons (Fsp3) is 0.550. The molecule has 0 radical (unpaired) electrons. The third-order valence-corrected chi connectivity index (χ3v) is 5.22. The number of rotatable bonds is 7. The molecule has 1 aromatic carbocycles. The highest BCUT2D eigenvalue weighted by atomic mass is 16.5. The molecule has 0 bridgehead atoms. The first-order valence-electron chi connectivity index (χ1n) is 9.65. The molecule has 3 N–H and O–H groups in total. The summed E-state index contributed by atoms with van der Waals surface area (Å²) >= 11 is 0. The molecule has 1 aromatic heterocycles. The number of hydrogen-bond acceptors (Lipinski definition) is 4. The molecule has 0 unspecified atom stereocenters. The zero-order valence-corrected chi connectivity index (χ0v) is 15.0. The van der Waals surface area contributed by atoms with E-state index in [-0.39, 0.29) is 12.0 Å². The highest BCUT2D eigenvalue weighted by Gasteiger charge is 2.24. The molecule has 140 valence electrons. The number of carbonyl (C=O) groups is 1. The molecule has 3 heterocycles. The molecule has 6 nitrogen and oxygen atoms in total. The molecule has 0 aliphatic carbocycles. The van der Waals surface area contributed by atoms with Crippen LogP contribution in [0.3, 0.4) is 0 Å². The number of ether oxygens (including phenoxy) is 2. The zero-order valence-electron chi connectivity index (χ0n) is 15.0. The van der Waals surface area contributed by atoms with Crippen LogP contribution in [-0.2, 0) is 16.0 Å². The standard InChI is InChI=1S/C20H26N2O4/c23-20(22-12-15-6-4-10-25-15)19-17(13-21-11-14-5-3-9-24-14)16-7-1-2-8-18(16)26-19/h1-2,7-8,14-15,21H,3-6,9-13H2,(H,22,23)/p+1/t14-,15-/m1/s1. The van der Waals surface area contributed by atoms with Gasteiger partial charge in [-0.25, -0.2) is 0 Å². The second-order valence-electron chi connectivity index (χ2n) is 7.11. The Hall–Kier alpha value is -1.89. The van der Waals surface area contributed by atoms with Gasteiger partial charge in [0.05, 0.1) is 11.7 Å². The largest absolute Gasteiger partial charge is 0.450 e. The maximum absolute atomic E-state index is 12.7. The van der Waals surface area contributed by atoms with Crippen molar-refractivity contribution in [3.05, 3.63) is 35.6 Å². The number of para-hydroxylation sites is 1. The van der Waals surface area contributed by atoms with E-state index < -0.39 is 0 Å². The molecule has 2 aromatic rings. The van der Waals surface area contributed by atoms with Crippen LogP contribution in [0.2, 0.25) is 0 Å². The van der Waals surface area contributed by atoms with Crippen LogP contribution >= 0.6 is 0 Å². The lowest BCUT2D eigenvalue weighted by molar-refractivity contribution is -0.676. The van der Waals surface area contributed by atoms with Crippen molar-refractivity contribution in [1.82, 2.24) is 5.32 Å². The Balaban J connectivity index is 1.46. The molecule has 4 rings (SSSR count). The highest BCUT2D eigenvalue weighted by Crippen LogP contribution is 2.25. The summed E-state index contributed by atoms with van der Waals surface area (Å²) in [5, 5.41) is 6.20. The second-order valence-corrected chi connectivity index (χ2v) is 7.11. The van der Waals surface area contributed by atoms with Crippen molar-refractivity contribution >= 4 is 16.9 Å². The molecular formula is C20H27N2O4+. The van der Waals surface area contributed by atoms with Crippen LogP contribution in [0.25, 0.3) is 11.0 Å². The van der Waals surface area contributed by atoms with Crippen LogP contribution in [0.1, 0.15) is 41.8 Å². The quantitative estimate of drug-likeness (QED) is 0.787. The first kappa shape index (κ1) is 17.5. The molecule has 26 heavy (non-hydrogen) atoms. The molecule has 1 amide bonds. The van der Waals surface area contributed by atoms with Crippen LogP contribution in [0.5, 0.6) is 0 Å². The van der Waals surface area contributed by atoms with Crippen molar-refractivity contribution in [3.8, 4) is 0 Å². The van der Waals surface area contributed by atoms with E-state index in [0.717, 1.165) is 62.0 Å². The lowest BCUT2D eigenvalue weighted by Crippen LogP contribution is -2.84. The van der Waals surface area contributed by atoms with Crippen molar-refractivity contribution < 1.29 is 24.0 Å². The lowest BCUT2D eigenvalue weighted by atomic mass is 10.1. The van der Waals surface area contributed by atoms with E-state index in [1.807, 2.05) is 24.3 Å². The minimum absolute atomic E-state index is 0.123.